The maximum Gasteiger partial charge on any atom is 0.257 e. The molecule has 0 bridgehead atoms. The van der Waals surface area contributed by atoms with Crippen LogP contribution in [0.5, 0.6) is 0 Å². The first-order valence-electron chi connectivity index (χ1n) is 14.3. The van der Waals surface area contributed by atoms with Crippen LogP contribution in [0.4, 0.5) is 0 Å². The fourth-order valence-corrected chi connectivity index (χ4v) is 6.02. The number of hydrogen-bond acceptors (Lipinski definition) is 7. The molecule has 0 atom stereocenters. The summed E-state index contributed by atoms with van der Waals surface area (Å²) in [4.78, 5) is 19.0. The van der Waals surface area contributed by atoms with Crippen molar-refractivity contribution in [3.63, 3.8) is 0 Å². The van der Waals surface area contributed by atoms with E-state index in [0.717, 1.165) is 74.0 Å². The van der Waals surface area contributed by atoms with E-state index in [-0.39, 0.29) is 12.2 Å². The molecule has 0 spiro atoms. The highest BCUT2D eigenvalue weighted by Gasteiger charge is 2.20. The normalized spacial score (nSPS) is 11.4. The van der Waals surface area contributed by atoms with Crippen LogP contribution in [0.3, 0.4) is 0 Å². The number of unbranched alkanes of at least 4 members (excludes halogenated alkanes) is 1. The maximum absolute atomic E-state index is 14.0. The van der Waals surface area contributed by atoms with Gasteiger partial charge in [0.05, 0.1) is 17.6 Å². The third kappa shape index (κ3) is 5.80. The van der Waals surface area contributed by atoms with Crippen molar-refractivity contribution in [1.82, 2.24) is 30.2 Å². The molecule has 0 fully saturated rings. The lowest BCUT2D eigenvalue weighted by Gasteiger charge is -2.16. The van der Waals surface area contributed by atoms with Gasteiger partial charge in [-0.15, -0.1) is 10.2 Å². The summed E-state index contributed by atoms with van der Waals surface area (Å²) < 4.78 is 8.94. The van der Waals surface area contributed by atoms with E-state index < -0.39 is 0 Å². The molecule has 3 heterocycles. The van der Waals surface area contributed by atoms with Gasteiger partial charge in [0, 0.05) is 40.6 Å². The molecular formula is C33H31BrN6O3. The predicted molar refractivity (Wildman–Crippen MR) is 169 cm³/mol. The summed E-state index contributed by atoms with van der Waals surface area (Å²) >= 11 is 3.78. The highest BCUT2D eigenvalue weighted by Crippen LogP contribution is 2.41. The number of aliphatic hydroxyl groups is 1. The van der Waals surface area contributed by atoms with E-state index in [9.17, 15) is 9.90 Å². The molecule has 0 aliphatic heterocycles. The van der Waals surface area contributed by atoms with E-state index in [1.807, 2.05) is 72.2 Å². The lowest BCUT2D eigenvalue weighted by Crippen LogP contribution is -2.30. The van der Waals surface area contributed by atoms with Gasteiger partial charge in [0.2, 0.25) is 5.82 Å². The van der Waals surface area contributed by atoms with Crippen LogP contribution in [-0.2, 0) is 26.0 Å². The summed E-state index contributed by atoms with van der Waals surface area (Å²) in [6.45, 7) is 4.39. The Bertz CT molecular complexity index is 1960. The van der Waals surface area contributed by atoms with Crippen molar-refractivity contribution in [2.75, 3.05) is 0 Å². The van der Waals surface area contributed by atoms with E-state index in [4.69, 9.17) is 9.40 Å². The lowest BCUT2D eigenvalue weighted by atomic mass is 10.0. The smallest absolute Gasteiger partial charge is 0.257 e. The van der Waals surface area contributed by atoms with Gasteiger partial charge in [-0.05, 0) is 63.3 Å². The van der Waals surface area contributed by atoms with E-state index in [1.54, 1.807) is 0 Å². The molecular weight excluding hydrogens is 608 g/mol. The number of aromatic amines is 1. The van der Waals surface area contributed by atoms with E-state index in [2.05, 4.69) is 49.5 Å². The molecule has 0 aliphatic carbocycles. The maximum atomic E-state index is 14.0. The van der Waals surface area contributed by atoms with Crippen molar-refractivity contribution < 1.29 is 9.52 Å². The van der Waals surface area contributed by atoms with E-state index in [1.165, 1.54) is 0 Å². The minimum absolute atomic E-state index is 0.0333. The fraction of sp³-hybridized carbons (Fsp3) is 0.242. The number of tetrazole rings is 1. The van der Waals surface area contributed by atoms with Crippen LogP contribution in [0, 0.1) is 6.92 Å². The summed E-state index contributed by atoms with van der Waals surface area (Å²) in [6.07, 6.45) is 3.13. The minimum atomic E-state index is -0.0400. The largest absolute Gasteiger partial charge is 0.455 e. The van der Waals surface area contributed by atoms with E-state index >= 15 is 0 Å². The van der Waals surface area contributed by atoms with Crippen molar-refractivity contribution in [3.05, 3.63) is 115 Å². The second kappa shape index (κ2) is 12.4. The van der Waals surface area contributed by atoms with Crippen molar-refractivity contribution in [3.8, 4) is 22.7 Å². The Balaban J connectivity index is 1.39. The molecule has 43 heavy (non-hydrogen) atoms. The number of benzene rings is 3. The highest BCUT2D eigenvalue weighted by molar-refractivity contribution is 9.10. The van der Waals surface area contributed by atoms with Crippen LogP contribution in [0.2, 0.25) is 0 Å². The zero-order valence-corrected chi connectivity index (χ0v) is 25.6. The van der Waals surface area contributed by atoms with Gasteiger partial charge in [-0.2, -0.15) is 5.21 Å². The number of aryl methyl sites for hydroxylation is 2. The number of aromatic nitrogens is 6. The number of fused-ring (bicyclic) bond motifs is 1. The second-order valence-corrected chi connectivity index (χ2v) is 11.4. The molecule has 6 aromatic rings. The zero-order valence-electron chi connectivity index (χ0n) is 24.0. The van der Waals surface area contributed by atoms with Gasteiger partial charge < -0.3 is 9.52 Å². The monoisotopic (exact) mass is 638 g/mol. The molecule has 2 N–H and O–H groups in total. The van der Waals surface area contributed by atoms with Crippen molar-refractivity contribution in [2.45, 2.75) is 52.7 Å². The Kier molecular flexibility index (Phi) is 8.31. The number of furan rings is 1. The van der Waals surface area contributed by atoms with Gasteiger partial charge in [-0.25, -0.2) is 4.98 Å². The molecule has 10 heteroatoms. The Morgan fingerprint density at radius 1 is 1.00 bits per heavy atom. The summed E-state index contributed by atoms with van der Waals surface area (Å²) in [5.74, 6) is 1.93. The first kappa shape index (κ1) is 28.7. The molecule has 0 amide bonds. The van der Waals surface area contributed by atoms with Crippen molar-refractivity contribution in [1.29, 1.82) is 0 Å². The van der Waals surface area contributed by atoms with Crippen LogP contribution >= 0.6 is 15.9 Å². The highest BCUT2D eigenvalue weighted by atomic mass is 79.9. The zero-order chi connectivity index (χ0) is 29.9. The van der Waals surface area contributed by atoms with Crippen LogP contribution in [0.25, 0.3) is 33.7 Å². The topological polar surface area (TPSA) is 123 Å². The number of nitrogens with zero attached hydrogens (tertiary/aromatic N) is 5. The average molecular weight is 640 g/mol. The fourth-order valence-electron chi connectivity index (χ4n) is 5.41. The number of aliphatic hydroxyl groups excluding tert-OH is 1. The number of rotatable bonds is 10. The van der Waals surface area contributed by atoms with E-state index in [0.29, 0.717) is 30.1 Å². The SMILES string of the molecule is CCCCc1nc(C)c(Cc2cccc(CO)c2)c(=O)n1Cc1ccc2oc(-c3ccccc3-c3nn[nH]n3)c(Br)c2c1. The van der Waals surface area contributed by atoms with Gasteiger partial charge in [0.25, 0.3) is 5.56 Å². The second-order valence-electron chi connectivity index (χ2n) is 10.6. The summed E-state index contributed by atoms with van der Waals surface area (Å²) in [5, 5.41) is 25.0. The summed E-state index contributed by atoms with van der Waals surface area (Å²) in [7, 11) is 0. The molecule has 3 aromatic heterocycles. The third-order valence-electron chi connectivity index (χ3n) is 7.65. The number of nitrogens with one attached hydrogen (secondary N) is 1. The minimum Gasteiger partial charge on any atom is -0.455 e. The molecule has 0 unspecified atom stereocenters. The molecule has 0 aliphatic rings. The molecule has 6 rings (SSSR count). The van der Waals surface area contributed by atoms with Gasteiger partial charge in [-0.3, -0.25) is 9.36 Å². The molecule has 3 aromatic carbocycles. The van der Waals surface area contributed by atoms with Crippen LogP contribution in [0.1, 0.15) is 53.5 Å². The molecule has 0 saturated heterocycles. The average Bonchev–Trinajstić information content (AvgIpc) is 3.68. The van der Waals surface area contributed by atoms with Gasteiger partial charge in [0.1, 0.15) is 17.2 Å². The van der Waals surface area contributed by atoms with Gasteiger partial charge in [-0.1, -0.05) is 67.9 Å². The van der Waals surface area contributed by atoms with Crippen LogP contribution in [-0.4, -0.2) is 35.3 Å². The Morgan fingerprint density at radius 2 is 1.81 bits per heavy atom. The number of halogens is 1. The third-order valence-corrected chi connectivity index (χ3v) is 8.43. The quantitative estimate of drug-likeness (QED) is 0.178. The van der Waals surface area contributed by atoms with Crippen molar-refractivity contribution >= 4 is 26.9 Å². The lowest BCUT2D eigenvalue weighted by molar-refractivity contribution is 0.281. The first-order chi connectivity index (χ1) is 21.0. The molecule has 0 saturated carbocycles. The van der Waals surface area contributed by atoms with Gasteiger partial charge >= 0.3 is 0 Å². The Morgan fingerprint density at radius 3 is 2.58 bits per heavy atom. The molecule has 9 nitrogen and oxygen atoms in total. The Hall–Kier alpha value is -4.41. The molecule has 218 valence electrons. The van der Waals surface area contributed by atoms with Crippen molar-refractivity contribution in [2.24, 2.45) is 0 Å². The number of hydrogen-bond donors (Lipinski definition) is 2. The first-order valence-corrected chi connectivity index (χ1v) is 15.1. The standard InChI is InChI=1S/C33H31BrN6O3/c1-3-4-12-29-35-20(2)26(16-21-8-7-9-23(15-21)19-41)33(42)40(29)18-22-13-14-28-27(17-22)30(34)31(43-28)24-10-5-6-11-25(24)32-36-38-39-37-32/h5-11,13-15,17,41H,3-4,12,16,18-19H2,1-2H3,(H,36,37,38,39). The number of H-pyrrole nitrogens is 1. The van der Waals surface area contributed by atoms with Crippen LogP contribution < -0.4 is 5.56 Å². The van der Waals surface area contributed by atoms with Gasteiger partial charge in [0.15, 0.2) is 0 Å². The predicted octanol–water partition coefficient (Wildman–Crippen LogP) is 6.38. The molecule has 0 radical (unpaired) electrons. The Labute approximate surface area is 256 Å². The summed E-state index contributed by atoms with van der Waals surface area (Å²) in [6, 6.07) is 21.4. The summed E-state index contributed by atoms with van der Waals surface area (Å²) in [5.41, 5.74) is 6.50. The van der Waals surface area contributed by atoms with Crippen LogP contribution in [0.15, 0.2) is 80.4 Å².